The van der Waals surface area contributed by atoms with Crippen molar-refractivity contribution in [2.75, 3.05) is 5.32 Å². The molecule has 0 aliphatic heterocycles. The lowest BCUT2D eigenvalue weighted by Gasteiger charge is -2.04. The molecule has 1 aromatic heterocycles. The van der Waals surface area contributed by atoms with Crippen molar-refractivity contribution in [3.63, 3.8) is 0 Å². The molecule has 0 bridgehead atoms. The molecule has 0 fully saturated rings. The molecule has 1 heterocycles. The Bertz CT molecular complexity index is 533. The summed E-state index contributed by atoms with van der Waals surface area (Å²) in [5.41, 5.74) is 0.948. The number of phenolic OH excluding ortho intramolecular Hbond substituents is 1. The van der Waals surface area contributed by atoms with E-state index in [4.69, 9.17) is 0 Å². The van der Waals surface area contributed by atoms with Gasteiger partial charge in [0.25, 0.3) is 0 Å². The Morgan fingerprint density at radius 2 is 2.27 bits per heavy atom. The number of hydrogen-bond donors (Lipinski definition) is 2. The van der Waals surface area contributed by atoms with Crippen molar-refractivity contribution in [3.05, 3.63) is 17.1 Å². The average molecular weight is 222 g/mol. The summed E-state index contributed by atoms with van der Waals surface area (Å²) in [6.45, 7) is 3.28. The maximum absolute atomic E-state index is 10.9. The van der Waals surface area contributed by atoms with Gasteiger partial charge in [-0.2, -0.15) is 0 Å². The van der Waals surface area contributed by atoms with Crippen LogP contribution in [0, 0.1) is 6.92 Å². The van der Waals surface area contributed by atoms with Gasteiger partial charge in [0, 0.05) is 6.92 Å². The quantitative estimate of drug-likeness (QED) is 0.727. The summed E-state index contributed by atoms with van der Waals surface area (Å²) in [4.78, 5) is 15.1. The Morgan fingerprint density at radius 1 is 1.53 bits per heavy atom. The summed E-state index contributed by atoms with van der Waals surface area (Å²) < 4.78 is 0.916. The lowest BCUT2D eigenvalue weighted by atomic mass is 10.2. The van der Waals surface area contributed by atoms with Gasteiger partial charge in [-0.3, -0.25) is 4.79 Å². The monoisotopic (exact) mass is 222 g/mol. The molecule has 0 radical (unpaired) electrons. The molecule has 4 nitrogen and oxygen atoms in total. The molecule has 0 atom stereocenters. The van der Waals surface area contributed by atoms with E-state index in [2.05, 4.69) is 10.3 Å². The Morgan fingerprint density at radius 3 is 2.93 bits per heavy atom. The van der Waals surface area contributed by atoms with E-state index in [1.807, 2.05) is 13.0 Å². The van der Waals surface area contributed by atoms with Crippen LogP contribution in [0.4, 0.5) is 5.69 Å². The summed E-state index contributed by atoms with van der Waals surface area (Å²) >= 11 is 1.51. The molecule has 78 valence electrons. The van der Waals surface area contributed by atoms with Gasteiger partial charge >= 0.3 is 0 Å². The van der Waals surface area contributed by atoms with E-state index in [9.17, 15) is 9.90 Å². The molecule has 1 amide bonds. The molecule has 1 aromatic carbocycles. The van der Waals surface area contributed by atoms with Crippen LogP contribution in [0.25, 0.3) is 10.2 Å². The fraction of sp³-hybridized carbons (Fsp3) is 0.200. The number of nitrogens with one attached hydrogen (secondary N) is 1. The van der Waals surface area contributed by atoms with Gasteiger partial charge in [0.15, 0.2) is 5.75 Å². The van der Waals surface area contributed by atoms with Gasteiger partial charge in [-0.25, -0.2) is 4.98 Å². The van der Waals surface area contributed by atoms with Crippen LogP contribution in [0.2, 0.25) is 0 Å². The van der Waals surface area contributed by atoms with Crippen molar-refractivity contribution in [1.29, 1.82) is 0 Å². The van der Waals surface area contributed by atoms with E-state index in [1.165, 1.54) is 18.3 Å². The number of fused-ring (bicyclic) bond motifs is 1. The number of hydrogen-bond acceptors (Lipinski definition) is 4. The van der Waals surface area contributed by atoms with Gasteiger partial charge in [-0.1, -0.05) is 0 Å². The normalized spacial score (nSPS) is 10.5. The number of carbonyl (C=O) groups is 1. The summed E-state index contributed by atoms with van der Waals surface area (Å²) in [6.07, 6.45) is 0. The fourth-order valence-corrected chi connectivity index (χ4v) is 2.21. The Labute approximate surface area is 90.6 Å². The highest BCUT2D eigenvalue weighted by Crippen LogP contribution is 2.34. The predicted octanol–water partition coefficient (Wildman–Crippen LogP) is 2.27. The van der Waals surface area contributed by atoms with Crippen LogP contribution >= 0.6 is 11.3 Å². The molecule has 0 aliphatic carbocycles. The Kier molecular flexibility index (Phi) is 2.32. The summed E-state index contributed by atoms with van der Waals surface area (Å²) in [5.74, 6) is -0.177. The third-order valence-corrected chi connectivity index (χ3v) is 2.89. The molecular formula is C10H10N2O2S. The van der Waals surface area contributed by atoms with Crippen LogP contribution in [0.5, 0.6) is 5.75 Å². The molecule has 2 N–H and O–H groups in total. The number of benzene rings is 1. The summed E-state index contributed by atoms with van der Waals surface area (Å²) in [6, 6.07) is 3.52. The van der Waals surface area contributed by atoms with Gasteiger partial charge in [-0.15, -0.1) is 11.3 Å². The molecule has 0 saturated heterocycles. The maximum Gasteiger partial charge on any atom is 0.221 e. The van der Waals surface area contributed by atoms with Crippen molar-refractivity contribution in [2.24, 2.45) is 0 Å². The van der Waals surface area contributed by atoms with Crippen LogP contribution in [-0.4, -0.2) is 16.0 Å². The topological polar surface area (TPSA) is 62.2 Å². The number of aryl methyl sites for hydroxylation is 1. The SMILES string of the molecule is CC(=O)Nc1ccc2sc(C)nc2c1O. The van der Waals surface area contributed by atoms with Crippen LogP contribution in [0.15, 0.2) is 12.1 Å². The zero-order valence-electron chi connectivity index (χ0n) is 8.37. The number of rotatable bonds is 1. The van der Waals surface area contributed by atoms with Crippen LogP contribution < -0.4 is 5.32 Å². The number of amides is 1. The molecule has 0 unspecified atom stereocenters. The first-order valence-corrected chi connectivity index (χ1v) is 5.26. The van der Waals surface area contributed by atoms with E-state index < -0.39 is 0 Å². The van der Waals surface area contributed by atoms with Crippen LogP contribution in [0.3, 0.4) is 0 Å². The zero-order valence-corrected chi connectivity index (χ0v) is 9.18. The van der Waals surface area contributed by atoms with Crippen molar-refractivity contribution >= 4 is 33.1 Å². The largest absolute Gasteiger partial charge is 0.504 e. The molecule has 15 heavy (non-hydrogen) atoms. The number of anilines is 1. The molecule has 5 heteroatoms. The lowest BCUT2D eigenvalue weighted by Crippen LogP contribution is -2.05. The minimum Gasteiger partial charge on any atom is -0.504 e. The molecule has 2 aromatic rings. The first kappa shape index (κ1) is 9.92. The Balaban J connectivity index is 2.58. The van der Waals surface area contributed by atoms with Crippen molar-refractivity contribution in [1.82, 2.24) is 4.98 Å². The van der Waals surface area contributed by atoms with E-state index in [0.717, 1.165) is 9.71 Å². The number of nitrogens with zero attached hydrogens (tertiary/aromatic N) is 1. The second-order valence-corrected chi connectivity index (χ2v) is 4.46. The average Bonchev–Trinajstić information content (AvgIpc) is 2.51. The molecular weight excluding hydrogens is 212 g/mol. The first-order valence-electron chi connectivity index (χ1n) is 4.44. The van der Waals surface area contributed by atoms with E-state index in [0.29, 0.717) is 11.2 Å². The standard InChI is InChI=1S/C10H10N2O2S/c1-5(13)11-7-3-4-8-9(10(7)14)12-6(2)15-8/h3-4,14H,1-2H3,(H,11,13). The second-order valence-electron chi connectivity index (χ2n) is 3.22. The van der Waals surface area contributed by atoms with Crippen molar-refractivity contribution < 1.29 is 9.90 Å². The van der Waals surface area contributed by atoms with Crippen LogP contribution in [-0.2, 0) is 4.79 Å². The highest BCUT2D eigenvalue weighted by atomic mass is 32.1. The first-order chi connectivity index (χ1) is 7.08. The van der Waals surface area contributed by atoms with Gasteiger partial charge < -0.3 is 10.4 Å². The fourth-order valence-electron chi connectivity index (χ4n) is 1.38. The van der Waals surface area contributed by atoms with E-state index >= 15 is 0 Å². The minimum absolute atomic E-state index is 0.0343. The third kappa shape index (κ3) is 1.78. The van der Waals surface area contributed by atoms with Gasteiger partial charge in [0.1, 0.15) is 5.52 Å². The van der Waals surface area contributed by atoms with Gasteiger partial charge in [0.05, 0.1) is 15.4 Å². The zero-order chi connectivity index (χ0) is 11.0. The molecule has 0 aliphatic rings. The third-order valence-electron chi connectivity index (χ3n) is 1.95. The highest BCUT2D eigenvalue weighted by molar-refractivity contribution is 7.18. The lowest BCUT2D eigenvalue weighted by molar-refractivity contribution is -0.114. The van der Waals surface area contributed by atoms with Gasteiger partial charge in [-0.05, 0) is 19.1 Å². The number of phenols is 1. The van der Waals surface area contributed by atoms with Crippen LogP contribution in [0.1, 0.15) is 11.9 Å². The smallest absolute Gasteiger partial charge is 0.221 e. The summed E-state index contributed by atoms with van der Waals surface area (Å²) in [7, 11) is 0. The van der Waals surface area contributed by atoms with Crippen molar-refractivity contribution in [3.8, 4) is 5.75 Å². The Hall–Kier alpha value is -1.62. The van der Waals surface area contributed by atoms with E-state index in [-0.39, 0.29) is 11.7 Å². The predicted molar refractivity (Wildman–Crippen MR) is 60.3 cm³/mol. The van der Waals surface area contributed by atoms with Gasteiger partial charge in [0.2, 0.25) is 5.91 Å². The molecule has 0 saturated carbocycles. The highest BCUT2D eigenvalue weighted by Gasteiger charge is 2.10. The number of aromatic hydroxyl groups is 1. The number of carbonyl (C=O) groups excluding carboxylic acids is 1. The molecule has 0 spiro atoms. The maximum atomic E-state index is 10.9. The second kappa shape index (κ2) is 3.51. The van der Waals surface area contributed by atoms with E-state index in [1.54, 1.807) is 6.07 Å². The summed E-state index contributed by atoms with van der Waals surface area (Å²) in [5, 5.41) is 13.3. The number of aromatic nitrogens is 1. The number of thiazole rings is 1. The minimum atomic E-state index is -0.211. The molecule has 2 rings (SSSR count). The van der Waals surface area contributed by atoms with Crippen molar-refractivity contribution in [2.45, 2.75) is 13.8 Å².